The van der Waals surface area contributed by atoms with Gasteiger partial charge in [-0.05, 0) is 29.8 Å². The summed E-state index contributed by atoms with van der Waals surface area (Å²) in [5, 5.41) is 4.86. The maximum Gasteiger partial charge on any atom is 0.264 e. The van der Waals surface area contributed by atoms with E-state index in [1.54, 1.807) is 23.0 Å². The molecule has 0 fully saturated rings. The van der Waals surface area contributed by atoms with Crippen LogP contribution < -0.4 is 0 Å². The molecule has 0 radical (unpaired) electrons. The molecule has 0 saturated heterocycles. The molecule has 19 heavy (non-hydrogen) atoms. The van der Waals surface area contributed by atoms with Crippen LogP contribution >= 0.6 is 11.6 Å². The lowest BCUT2D eigenvalue weighted by Gasteiger charge is -2.01. The van der Waals surface area contributed by atoms with Crippen molar-refractivity contribution in [3.8, 4) is 5.69 Å². The molecular formula is C12H13ClN2O3S. The van der Waals surface area contributed by atoms with Gasteiger partial charge in [0.15, 0.2) is 0 Å². The van der Waals surface area contributed by atoms with E-state index >= 15 is 0 Å². The topological polar surface area (TPSA) is 61.2 Å². The second kappa shape index (κ2) is 5.73. The highest BCUT2D eigenvalue weighted by molar-refractivity contribution is 7.85. The first-order chi connectivity index (χ1) is 8.94. The van der Waals surface area contributed by atoms with Gasteiger partial charge in [-0.25, -0.2) is 4.68 Å². The zero-order chi connectivity index (χ0) is 13.9. The minimum atomic E-state index is -3.39. The summed E-state index contributed by atoms with van der Waals surface area (Å²) >= 11 is 5.81. The molecule has 2 aromatic rings. The molecule has 1 aromatic carbocycles. The first kappa shape index (κ1) is 14.0. The first-order valence-corrected chi connectivity index (χ1v) is 7.77. The van der Waals surface area contributed by atoms with Gasteiger partial charge in [-0.1, -0.05) is 11.6 Å². The molecule has 0 atom stereocenters. The van der Waals surface area contributed by atoms with Crippen molar-refractivity contribution in [3.63, 3.8) is 0 Å². The van der Waals surface area contributed by atoms with Gasteiger partial charge in [-0.15, -0.1) is 0 Å². The minimum Gasteiger partial charge on any atom is -0.270 e. The van der Waals surface area contributed by atoms with Crippen molar-refractivity contribution in [2.24, 2.45) is 0 Å². The van der Waals surface area contributed by atoms with Crippen molar-refractivity contribution in [1.29, 1.82) is 0 Å². The van der Waals surface area contributed by atoms with Crippen LogP contribution in [0, 0.1) is 0 Å². The Labute approximate surface area is 116 Å². The summed E-state index contributed by atoms with van der Waals surface area (Å²) in [4.78, 5) is 0. The highest BCUT2D eigenvalue weighted by atomic mass is 35.5. The molecule has 102 valence electrons. The molecule has 5 nitrogen and oxygen atoms in total. The number of aromatic nitrogens is 2. The summed E-state index contributed by atoms with van der Waals surface area (Å²) in [6.45, 7) is 0.116. The molecule has 0 amide bonds. The van der Waals surface area contributed by atoms with Crippen LogP contribution in [0.3, 0.4) is 0 Å². The molecule has 0 N–H and O–H groups in total. The lowest BCUT2D eigenvalue weighted by atomic mass is 10.3. The van der Waals surface area contributed by atoms with Crippen LogP contribution in [-0.2, 0) is 20.7 Å². The monoisotopic (exact) mass is 300 g/mol. The highest BCUT2D eigenvalue weighted by Gasteiger charge is 2.04. The largest absolute Gasteiger partial charge is 0.270 e. The summed E-state index contributed by atoms with van der Waals surface area (Å²) in [6.07, 6.45) is 5.03. The lowest BCUT2D eigenvalue weighted by molar-refractivity contribution is 0.326. The predicted octanol–water partition coefficient (Wildman–Crippen LogP) is 2.04. The Bertz CT molecular complexity index is 650. The summed E-state index contributed by atoms with van der Waals surface area (Å²) in [5.74, 6) is 0. The molecule has 0 spiro atoms. The van der Waals surface area contributed by atoms with Gasteiger partial charge < -0.3 is 0 Å². The van der Waals surface area contributed by atoms with Crippen LogP contribution in [0.5, 0.6) is 0 Å². The van der Waals surface area contributed by atoms with E-state index in [-0.39, 0.29) is 6.61 Å². The van der Waals surface area contributed by atoms with Crippen LogP contribution in [0.15, 0.2) is 36.7 Å². The third-order valence-corrected chi connectivity index (χ3v) is 3.26. The Morgan fingerprint density at radius 2 is 2.00 bits per heavy atom. The van der Waals surface area contributed by atoms with Gasteiger partial charge in [0, 0.05) is 17.6 Å². The van der Waals surface area contributed by atoms with Gasteiger partial charge in [0.2, 0.25) is 0 Å². The number of hydrogen-bond donors (Lipinski definition) is 0. The molecule has 0 bridgehead atoms. The molecule has 0 aliphatic carbocycles. The van der Waals surface area contributed by atoms with Gasteiger partial charge in [0.05, 0.1) is 24.7 Å². The molecule has 1 heterocycles. The third-order valence-electron chi connectivity index (χ3n) is 2.42. The van der Waals surface area contributed by atoms with Crippen molar-refractivity contribution in [1.82, 2.24) is 9.78 Å². The van der Waals surface area contributed by atoms with Crippen molar-refractivity contribution in [2.75, 3.05) is 12.9 Å². The molecule has 7 heteroatoms. The summed E-state index contributed by atoms with van der Waals surface area (Å²) in [6, 6.07) is 7.27. The molecule has 0 aliphatic rings. The van der Waals surface area contributed by atoms with Crippen molar-refractivity contribution in [2.45, 2.75) is 6.42 Å². The summed E-state index contributed by atoms with van der Waals surface area (Å²) < 4.78 is 28.0. The number of halogens is 1. The number of benzene rings is 1. The fourth-order valence-electron chi connectivity index (χ4n) is 1.54. The van der Waals surface area contributed by atoms with E-state index in [9.17, 15) is 8.42 Å². The average Bonchev–Trinajstić information content (AvgIpc) is 2.77. The van der Waals surface area contributed by atoms with E-state index in [2.05, 4.69) is 9.28 Å². The Morgan fingerprint density at radius 1 is 1.32 bits per heavy atom. The predicted molar refractivity (Wildman–Crippen MR) is 73.1 cm³/mol. The highest BCUT2D eigenvalue weighted by Crippen LogP contribution is 2.13. The number of hydrogen-bond acceptors (Lipinski definition) is 4. The summed E-state index contributed by atoms with van der Waals surface area (Å²) in [5.41, 5.74) is 1.79. The van der Waals surface area contributed by atoms with Crippen LogP contribution in [0.4, 0.5) is 0 Å². The van der Waals surface area contributed by atoms with Crippen LogP contribution in [0.25, 0.3) is 5.69 Å². The Balaban J connectivity index is 2.01. The van der Waals surface area contributed by atoms with E-state index in [0.717, 1.165) is 17.5 Å². The third kappa shape index (κ3) is 4.34. The molecule has 1 aromatic heterocycles. The van der Waals surface area contributed by atoms with E-state index < -0.39 is 10.1 Å². The lowest BCUT2D eigenvalue weighted by Crippen LogP contribution is -2.05. The normalized spacial score (nSPS) is 11.7. The standard InChI is InChI=1S/C12H13ClN2O3S/c1-19(16,17)18-7-6-10-8-14-15(9-10)12-4-2-11(13)3-5-12/h2-5,8-9H,6-7H2,1H3. The van der Waals surface area contributed by atoms with E-state index in [1.165, 1.54) is 0 Å². The second-order valence-corrected chi connectivity index (χ2v) is 6.13. The van der Waals surface area contributed by atoms with Gasteiger partial charge in [-0.2, -0.15) is 13.5 Å². The average molecular weight is 301 g/mol. The second-order valence-electron chi connectivity index (χ2n) is 4.05. The van der Waals surface area contributed by atoms with Gasteiger partial charge in [0.1, 0.15) is 0 Å². The van der Waals surface area contributed by atoms with Crippen molar-refractivity contribution in [3.05, 3.63) is 47.2 Å². The maximum atomic E-state index is 10.8. The van der Waals surface area contributed by atoms with Crippen LogP contribution in [-0.4, -0.2) is 31.1 Å². The van der Waals surface area contributed by atoms with E-state index in [1.807, 2.05) is 18.3 Å². The summed E-state index contributed by atoms with van der Waals surface area (Å²) in [7, 11) is -3.39. The van der Waals surface area contributed by atoms with Crippen LogP contribution in [0.2, 0.25) is 5.02 Å². The smallest absolute Gasteiger partial charge is 0.264 e. The Morgan fingerprint density at radius 3 is 2.63 bits per heavy atom. The molecule has 2 rings (SSSR count). The number of nitrogens with zero attached hydrogens (tertiary/aromatic N) is 2. The van der Waals surface area contributed by atoms with Gasteiger partial charge >= 0.3 is 0 Å². The number of rotatable bonds is 5. The fourth-order valence-corrected chi connectivity index (χ4v) is 2.05. The minimum absolute atomic E-state index is 0.116. The van der Waals surface area contributed by atoms with Crippen molar-refractivity contribution >= 4 is 21.7 Å². The zero-order valence-corrected chi connectivity index (χ0v) is 11.9. The van der Waals surface area contributed by atoms with Crippen LogP contribution in [0.1, 0.15) is 5.56 Å². The van der Waals surface area contributed by atoms with Gasteiger partial charge in [0.25, 0.3) is 10.1 Å². The van der Waals surface area contributed by atoms with Gasteiger partial charge in [-0.3, -0.25) is 4.18 Å². The SMILES string of the molecule is CS(=O)(=O)OCCc1cnn(-c2ccc(Cl)cc2)c1. The molecule has 0 aliphatic heterocycles. The Kier molecular flexibility index (Phi) is 4.24. The van der Waals surface area contributed by atoms with E-state index in [4.69, 9.17) is 11.6 Å². The van der Waals surface area contributed by atoms with Crippen molar-refractivity contribution < 1.29 is 12.6 Å². The molecule has 0 saturated carbocycles. The fraction of sp³-hybridized carbons (Fsp3) is 0.250. The molecule has 0 unspecified atom stereocenters. The zero-order valence-electron chi connectivity index (χ0n) is 10.3. The van der Waals surface area contributed by atoms with E-state index in [0.29, 0.717) is 11.4 Å². The first-order valence-electron chi connectivity index (χ1n) is 5.58. The Hall–Kier alpha value is -1.37. The maximum absolute atomic E-state index is 10.8. The quantitative estimate of drug-likeness (QED) is 0.793. The molecular weight excluding hydrogens is 288 g/mol.